The molecule has 2 aliphatic rings. The van der Waals surface area contributed by atoms with Crippen molar-refractivity contribution in [1.82, 2.24) is 5.32 Å². The van der Waals surface area contributed by atoms with Crippen LogP contribution in [0.1, 0.15) is 55.6 Å². The molecule has 1 fully saturated rings. The van der Waals surface area contributed by atoms with Gasteiger partial charge in [0.05, 0.1) is 0 Å². The van der Waals surface area contributed by atoms with E-state index < -0.39 is 23.6 Å². The Bertz CT molecular complexity index is 576. The third-order valence-corrected chi connectivity index (χ3v) is 4.79. The van der Waals surface area contributed by atoms with Crippen molar-refractivity contribution in [2.24, 2.45) is 0 Å². The molecule has 5 heteroatoms. The zero-order valence-electron chi connectivity index (χ0n) is 11.9. The molecule has 3 nitrogen and oxygen atoms in total. The molecule has 2 N–H and O–H groups in total. The van der Waals surface area contributed by atoms with Gasteiger partial charge in [-0.1, -0.05) is 13.3 Å². The average molecular weight is 295 g/mol. The van der Waals surface area contributed by atoms with Crippen LogP contribution in [-0.2, 0) is 4.79 Å². The molecule has 2 bridgehead atoms. The van der Waals surface area contributed by atoms with Crippen LogP contribution in [0.5, 0.6) is 0 Å². The molecule has 1 saturated carbocycles. The van der Waals surface area contributed by atoms with E-state index in [0.717, 1.165) is 30.9 Å². The Kier molecular flexibility index (Phi) is 3.69. The van der Waals surface area contributed by atoms with Crippen LogP contribution < -0.4 is 5.32 Å². The highest BCUT2D eigenvalue weighted by Crippen LogP contribution is 2.54. The van der Waals surface area contributed by atoms with Crippen molar-refractivity contribution in [1.29, 1.82) is 0 Å². The van der Waals surface area contributed by atoms with Crippen LogP contribution in [0, 0.1) is 11.6 Å². The number of fused-ring (bicyclic) bond motifs is 5. The van der Waals surface area contributed by atoms with Gasteiger partial charge in [0.1, 0.15) is 17.7 Å². The van der Waals surface area contributed by atoms with E-state index in [1.807, 2.05) is 6.92 Å². The minimum absolute atomic E-state index is 0.0323. The molecule has 1 aromatic carbocycles. The summed E-state index contributed by atoms with van der Waals surface area (Å²) in [6.45, 7) is 1.94. The second-order valence-corrected chi connectivity index (χ2v) is 6.12. The molecule has 0 saturated heterocycles. The number of carboxylic acids is 1. The van der Waals surface area contributed by atoms with Crippen molar-refractivity contribution in [3.05, 3.63) is 34.9 Å². The molecule has 114 valence electrons. The zero-order chi connectivity index (χ0) is 15.1. The Morgan fingerprint density at radius 3 is 2.86 bits per heavy atom. The number of carboxylic acid groups (broad SMARTS) is 1. The van der Waals surface area contributed by atoms with Gasteiger partial charge in [0.15, 0.2) is 0 Å². The fraction of sp³-hybridized carbons (Fsp3) is 0.562. The van der Waals surface area contributed by atoms with Crippen molar-refractivity contribution in [3.8, 4) is 0 Å². The lowest BCUT2D eigenvalue weighted by atomic mass is 9.87. The van der Waals surface area contributed by atoms with E-state index in [1.165, 1.54) is 6.07 Å². The highest BCUT2D eigenvalue weighted by Gasteiger charge is 2.46. The van der Waals surface area contributed by atoms with Crippen molar-refractivity contribution in [3.63, 3.8) is 0 Å². The Labute approximate surface area is 122 Å². The maximum absolute atomic E-state index is 14.0. The Morgan fingerprint density at radius 1 is 1.43 bits per heavy atom. The van der Waals surface area contributed by atoms with E-state index in [2.05, 4.69) is 5.32 Å². The van der Waals surface area contributed by atoms with E-state index in [4.69, 9.17) is 0 Å². The topological polar surface area (TPSA) is 49.3 Å². The van der Waals surface area contributed by atoms with Crippen molar-refractivity contribution in [2.75, 3.05) is 0 Å². The summed E-state index contributed by atoms with van der Waals surface area (Å²) in [7, 11) is 0. The molecule has 2 aliphatic carbocycles. The summed E-state index contributed by atoms with van der Waals surface area (Å²) >= 11 is 0. The molecule has 0 radical (unpaired) electrons. The number of nitrogens with one attached hydrogen (secondary N) is 1. The second-order valence-electron chi connectivity index (χ2n) is 6.12. The van der Waals surface area contributed by atoms with Gasteiger partial charge in [-0.25, -0.2) is 8.78 Å². The first-order valence-electron chi connectivity index (χ1n) is 7.49. The summed E-state index contributed by atoms with van der Waals surface area (Å²) in [6, 6.07) is 1.73. The van der Waals surface area contributed by atoms with Gasteiger partial charge in [-0.15, -0.1) is 0 Å². The molecule has 0 spiro atoms. The van der Waals surface area contributed by atoms with Gasteiger partial charge in [0.2, 0.25) is 0 Å². The van der Waals surface area contributed by atoms with Gasteiger partial charge in [0, 0.05) is 18.0 Å². The first-order valence-corrected chi connectivity index (χ1v) is 7.49. The minimum Gasteiger partial charge on any atom is -0.480 e. The standard InChI is InChI=1S/C16H19F2NO2/c1-2-3-13(16(20)21)19-14-5-8-4-11(14)15-10(8)6-9(17)7-12(15)18/h6-8,11,13-14,19H,2-5H2,1H3,(H,20,21). The van der Waals surface area contributed by atoms with Crippen LogP contribution in [0.3, 0.4) is 0 Å². The summed E-state index contributed by atoms with van der Waals surface area (Å²) < 4.78 is 27.4. The van der Waals surface area contributed by atoms with Crippen LogP contribution in [-0.4, -0.2) is 23.2 Å². The van der Waals surface area contributed by atoms with E-state index in [9.17, 15) is 18.7 Å². The van der Waals surface area contributed by atoms with E-state index >= 15 is 0 Å². The first-order chi connectivity index (χ1) is 10.0. The van der Waals surface area contributed by atoms with Crippen LogP contribution in [0.2, 0.25) is 0 Å². The highest BCUT2D eigenvalue weighted by molar-refractivity contribution is 5.73. The van der Waals surface area contributed by atoms with Gasteiger partial charge in [-0.3, -0.25) is 4.79 Å². The van der Waals surface area contributed by atoms with Gasteiger partial charge in [0.25, 0.3) is 0 Å². The predicted molar refractivity (Wildman–Crippen MR) is 74.3 cm³/mol. The number of halogens is 2. The summed E-state index contributed by atoms with van der Waals surface area (Å²) in [5.41, 5.74) is 1.36. The molecule has 0 amide bonds. The first kappa shape index (κ1) is 14.4. The summed E-state index contributed by atoms with van der Waals surface area (Å²) in [4.78, 5) is 11.3. The van der Waals surface area contributed by atoms with Crippen LogP contribution in [0.4, 0.5) is 8.78 Å². The molecule has 4 unspecified atom stereocenters. The number of hydrogen-bond acceptors (Lipinski definition) is 2. The van der Waals surface area contributed by atoms with Gasteiger partial charge in [-0.05, 0) is 42.4 Å². The molecule has 0 aromatic heterocycles. The van der Waals surface area contributed by atoms with E-state index in [0.29, 0.717) is 12.0 Å². The molecule has 0 heterocycles. The SMILES string of the molecule is CCCC(NC1CC2CC1c1c(F)cc(F)cc12)C(=O)O. The number of carbonyl (C=O) groups is 1. The Balaban J connectivity index is 1.82. The normalized spacial score (nSPS) is 27.7. The monoisotopic (exact) mass is 295 g/mol. The predicted octanol–water partition coefficient (Wildman–Crippen LogP) is 3.15. The van der Waals surface area contributed by atoms with Crippen molar-refractivity contribution < 1.29 is 18.7 Å². The second kappa shape index (κ2) is 5.37. The molecule has 3 rings (SSSR count). The number of aliphatic carboxylic acids is 1. The molecular formula is C16H19F2NO2. The number of benzene rings is 1. The Hall–Kier alpha value is -1.49. The van der Waals surface area contributed by atoms with Crippen LogP contribution in [0.15, 0.2) is 12.1 Å². The van der Waals surface area contributed by atoms with Gasteiger partial charge in [-0.2, -0.15) is 0 Å². The number of hydrogen-bond donors (Lipinski definition) is 2. The molecule has 21 heavy (non-hydrogen) atoms. The lowest BCUT2D eigenvalue weighted by Gasteiger charge is -2.28. The van der Waals surface area contributed by atoms with Crippen molar-refractivity contribution >= 4 is 5.97 Å². The van der Waals surface area contributed by atoms with Crippen LogP contribution in [0.25, 0.3) is 0 Å². The summed E-state index contributed by atoms with van der Waals surface area (Å²) in [6.07, 6.45) is 2.88. The lowest BCUT2D eigenvalue weighted by molar-refractivity contribution is -0.139. The maximum Gasteiger partial charge on any atom is 0.320 e. The van der Waals surface area contributed by atoms with Gasteiger partial charge < -0.3 is 10.4 Å². The fourth-order valence-corrected chi connectivity index (χ4v) is 3.95. The third-order valence-electron chi connectivity index (χ3n) is 4.79. The minimum atomic E-state index is -0.862. The van der Waals surface area contributed by atoms with Crippen LogP contribution >= 0.6 is 0 Å². The maximum atomic E-state index is 14.0. The largest absolute Gasteiger partial charge is 0.480 e. The smallest absolute Gasteiger partial charge is 0.320 e. The molecular weight excluding hydrogens is 276 g/mol. The highest BCUT2D eigenvalue weighted by atomic mass is 19.1. The van der Waals surface area contributed by atoms with E-state index in [1.54, 1.807) is 0 Å². The van der Waals surface area contributed by atoms with Gasteiger partial charge >= 0.3 is 5.97 Å². The summed E-state index contributed by atoms with van der Waals surface area (Å²) in [5, 5.41) is 12.4. The average Bonchev–Trinajstić information content (AvgIpc) is 2.95. The van der Waals surface area contributed by atoms with Crippen molar-refractivity contribution in [2.45, 2.75) is 56.5 Å². The molecule has 0 aliphatic heterocycles. The fourth-order valence-electron chi connectivity index (χ4n) is 3.95. The number of rotatable bonds is 5. The lowest BCUT2D eigenvalue weighted by Crippen LogP contribution is -2.45. The molecule has 1 aromatic rings. The summed E-state index contributed by atoms with van der Waals surface area (Å²) in [5.74, 6) is -1.78. The van der Waals surface area contributed by atoms with E-state index in [-0.39, 0.29) is 17.9 Å². The molecule has 4 atom stereocenters. The zero-order valence-corrected chi connectivity index (χ0v) is 11.9. The quantitative estimate of drug-likeness (QED) is 0.877. The Morgan fingerprint density at radius 2 is 2.19 bits per heavy atom. The third kappa shape index (κ3) is 2.44.